The summed E-state index contributed by atoms with van der Waals surface area (Å²) in [6, 6.07) is 0. The topological polar surface area (TPSA) is 63.8 Å². The summed E-state index contributed by atoms with van der Waals surface area (Å²) in [6.45, 7) is 7.56. The number of aryl methyl sites for hydroxylation is 3. The quantitative estimate of drug-likeness (QED) is 0.822. The average molecular weight is 252 g/mol. The zero-order valence-electron chi connectivity index (χ0n) is 10.3. The molecule has 0 atom stereocenters. The second kappa shape index (κ2) is 5.37. The van der Waals surface area contributed by atoms with Gasteiger partial charge in [0, 0.05) is 31.3 Å². The number of nitrogens with zero attached hydrogens (tertiary/aromatic N) is 3. The minimum absolute atomic E-state index is 0.617. The van der Waals surface area contributed by atoms with Gasteiger partial charge < -0.3 is 9.84 Å². The van der Waals surface area contributed by atoms with Gasteiger partial charge in [-0.05, 0) is 13.8 Å². The van der Waals surface area contributed by atoms with E-state index in [0.29, 0.717) is 5.89 Å². The fraction of sp³-hybridized carbons (Fsp3) is 0.545. The molecule has 0 aliphatic heterocycles. The molecule has 2 rings (SSSR count). The molecule has 1 N–H and O–H groups in total. The summed E-state index contributed by atoms with van der Waals surface area (Å²) in [7, 11) is 0. The van der Waals surface area contributed by atoms with Crippen LogP contribution in [-0.2, 0) is 13.0 Å². The van der Waals surface area contributed by atoms with Crippen LogP contribution in [0.3, 0.4) is 0 Å². The number of hydrogen-bond acceptors (Lipinski definition) is 6. The maximum absolute atomic E-state index is 4.90. The minimum Gasteiger partial charge on any atom is -0.340 e. The Hall–Kier alpha value is -1.27. The molecule has 0 bridgehead atoms. The van der Waals surface area contributed by atoms with E-state index in [1.54, 1.807) is 18.3 Å². The van der Waals surface area contributed by atoms with Crippen LogP contribution in [0.2, 0.25) is 0 Å². The van der Waals surface area contributed by atoms with Crippen molar-refractivity contribution in [2.45, 2.75) is 33.7 Å². The molecule has 0 saturated heterocycles. The van der Waals surface area contributed by atoms with E-state index in [-0.39, 0.29) is 0 Å². The first-order valence-corrected chi connectivity index (χ1v) is 6.39. The largest absolute Gasteiger partial charge is 0.340 e. The second-order valence-electron chi connectivity index (χ2n) is 3.91. The summed E-state index contributed by atoms with van der Waals surface area (Å²) in [6.07, 6.45) is 0.778. The number of hydrogen-bond donors (Lipinski definition) is 1. The third kappa shape index (κ3) is 3.34. The van der Waals surface area contributed by atoms with Crippen molar-refractivity contribution in [1.82, 2.24) is 20.4 Å². The monoisotopic (exact) mass is 252 g/mol. The highest BCUT2D eigenvalue weighted by Crippen LogP contribution is 2.15. The van der Waals surface area contributed by atoms with Gasteiger partial charge in [0.1, 0.15) is 5.01 Å². The molecule has 0 aliphatic carbocycles. The Kier molecular flexibility index (Phi) is 3.86. The molecular weight excluding hydrogens is 236 g/mol. The van der Waals surface area contributed by atoms with Crippen molar-refractivity contribution in [2.75, 3.05) is 6.54 Å². The Morgan fingerprint density at radius 3 is 2.65 bits per heavy atom. The number of nitrogens with one attached hydrogen (secondary N) is 1. The zero-order valence-corrected chi connectivity index (χ0v) is 11.1. The van der Waals surface area contributed by atoms with Crippen LogP contribution in [-0.4, -0.2) is 21.7 Å². The molecule has 17 heavy (non-hydrogen) atoms. The molecule has 92 valence electrons. The standard InChI is InChI=1S/C11H16N4OS/c1-7-8(2)17-11(13-7)6-12-5-4-10-14-9(3)16-15-10/h12H,4-6H2,1-3H3. The van der Waals surface area contributed by atoms with Crippen molar-refractivity contribution in [3.8, 4) is 0 Å². The molecule has 0 unspecified atom stereocenters. The Bertz CT molecular complexity index is 472. The number of rotatable bonds is 5. The summed E-state index contributed by atoms with van der Waals surface area (Å²) in [4.78, 5) is 9.90. The third-order valence-electron chi connectivity index (χ3n) is 2.44. The molecule has 0 radical (unpaired) electrons. The summed E-state index contributed by atoms with van der Waals surface area (Å²) in [5, 5.41) is 8.29. The minimum atomic E-state index is 0.617. The maximum atomic E-state index is 4.90. The third-order valence-corrected chi connectivity index (χ3v) is 3.52. The summed E-state index contributed by atoms with van der Waals surface area (Å²) >= 11 is 1.74. The average Bonchev–Trinajstić information content (AvgIpc) is 2.82. The van der Waals surface area contributed by atoms with Gasteiger partial charge in [-0.2, -0.15) is 4.98 Å². The van der Waals surface area contributed by atoms with Gasteiger partial charge in [0.05, 0.1) is 5.69 Å². The molecule has 0 fully saturated rings. The van der Waals surface area contributed by atoms with Gasteiger partial charge in [-0.25, -0.2) is 4.98 Å². The first-order chi connectivity index (χ1) is 8.15. The van der Waals surface area contributed by atoms with Crippen molar-refractivity contribution >= 4 is 11.3 Å². The van der Waals surface area contributed by atoms with Crippen LogP contribution in [0, 0.1) is 20.8 Å². The highest BCUT2D eigenvalue weighted by atomic mass is 32.1. The van der Waals surface area contributed by atoms with Crippen LogP contribution >= 0.6 is 11.3 Å². The SMILES string of the molecule is Cc1nc(CCNCc2nc(C)c(C)s2)no1. The second-order valence-corrected chi connectivity index (χ2v) is 5.19. The Labute approximate surface area is 104 Å². The van der Waals surface area contributed by atoms with E-state index < -0.39 is 0 Å². The predicted molar refractivity (Wildman–Crippen MR) is 66.0 cm³/mol. The first-order valence-electron chi connectivity index (χ1n) is 5.58. The van der Waals surface area contributed by atoms with Crippen molar-refractivity contribution in [2.24, 2.45) is 0 Å². The molecule has 0 aromatic carbocycles. The molecule has 2 aromatic rings. The van der Waals surface area contributed by atoms with Gasteiger partial charge >= 0.3 is 0 Å². The lowest BCUT2D eigenvalue weighted by molar-refractivity contribution is 0.387. The molecule has 0 spiro atoms. The Balaban J connectivity index is 1.73. The highest BCUT2D eigenvalue weighted by molar-refractivity contribution is 7.11. The van der Waals surface area contributed by atoms with Gasteiger partial charge in [-0.3, -0.25) is 0 Å². The van der Waals surface area contributed by atoms with E-state index in [4.69, 9.17) is 4.52 Å². The van der Waals surface area contributed by atoms with Crippen LogP contribution in [0.4, 0.5) is 0 Å². The Morgan fingerprint density at radius 1 is 1.24 bits per heavy atom. The van der Waals surface area contributed by atoms with Crippen molar-refractivity contribution in [3.63, 3.8) is 0 Å². The van der Waals surface area contributed by atoms with Gasteiger partial charge in [0.2, 0.25) is 5.89 Å². The fourth-order valence-electron chi connectivity index (χ4n) is 1.45. The molecule has 2 heterocycles. The van der Waals surface area contributed by atoms with Crippen molar-refractivity contribution in [1.29, 1.82) is 0 Å². The van der Waals surface area contributed by atoms with Gasteiger partial charge in [-0.1, -0.05) is 5.16 Å². The fourth-order valence-corrected chi connectivity index (χ4v) is 2.36. The lowest BCUT2D eigenvalue weighted by Gasteiger charge is -1.98. The van der Waals surface area contributed by atoms with E-state index >= 15 is 0 Å². The van der Waals surface area contributed by atoms with E-state index in [0.717, 1.165) is 36.0 Å². The van der Waals surface area contributed by atoms with Crippen LogP contribution in [0.25, 0.3) is 0 Å². The van der Waals surface area contributed by atoms with Crippen LogP contribution < -0.4 is 5.32 Å². The summed E-state index contributed by atoms with van der Waals surface area (Å²) < 4.78 is 4.90. The van der Waals surface area contributed by atoms with Crippen molar-refractivity contribution in [3.05, 3.63) is 27.3 Å². The number of aromatic nitrogens is 3. The van der Waals surface area contributed by atoms with Crippen molar-refractivity contribution < 1.29 is 4.52 Å². The summed E-state index contributed by atoms with van der Waals surface area (Å²) in [5.41, 5.74) is 1.13. The molecular formula is C11H16N4OS. The molecule has 0 aliphatic rings. The lowest BCUT2D eigenvalue weighted by atomic mass is 10.4. The van der Waals surface area contributed by atoms with E-state index in [1.807, 2.05) is 6.92 Å². The highest BCUT2D eigenvalue weighted by Gasteiger charge is 2.04. The molecule has 2 aromatic heterocycles. The predicted octanol–water partition coefficient (Wildman–Crippen LogP) is 1.78. The maximum Gasteiger partial charge on any atom is 0.223 e. The van der Waals surface area contributed by atoms with Gasteiger partial charge in [0.25, 0.3) is 0 Å². The lowest BCUT2D eigenvalue weighted by Crippen LogP contribution is -2.17. The van der Waals surface area contributed by atoms with E-state index in [1.165, 1.54) is 4.88 Å². The smallest absolute Gasteiger partial charge is 0.223 e. The van der Waals surface area contributed by atoms with Crippen LogP contribution in [0.5, 0.6) is 0 Å². The van der Waals surface area contributed by atoms with E-state index in [9.17, 15) is 0 Å². The zero-order chi connectivity index (χ0) is 12.3. The first kappa shape index (κ1) is 12.2. The van der Waals surface area contributed by atoms with Gasteiger partial charge in [0.15, 0.2) is 5.82 Å². The van der Waals surface area contributed by atoms with E-state index in [2.05, 4.69) is 27.4 Å². The normalized spacial score (nSPS) is 11.0. The summed E-state index contributed by atoms with van der Waals surface area (Å²) in [5.74, 6) is 1.37. The van der Waals surface area contributed by atoms with Crippen LogP contribution in [0.15, 0.2) is 4.52 Å². The molecule has 0 saturated carbocycles. The Morgan fingerprint density at radius 2 is 2.06 bits per heavy atom. The molecule has 0 amide bonds. The van der Waals surface area contributed by atoms with Gasteiger partial charge in [-0.15, -0.1) is 11.3 Å². The molecule has 6 heteroatoms. The van der Waals surface area contributed by atoms with Crippen LogP contribution in [0.1, 0.15) is 27.3 Å². The number of thiazole rings is 1. The molecule has 5 nitrogen and oxygen atoms in total.